The first-order valence-corrected chi connectivity index (χ1v) is 8.14. The van der Waals surface area contributed by atoms with Crippen LogP contribution in [-0.2, 0) is 10.0 Å². The monoisotopic (exact) mass is 325 g/mol. The van der Waals surface area contributed by atoms with Gasteiger partial charge in [-0.25, -0.2) is 8.42 Å². The summed E-state index contributed by atoms with van der Waals surface area (Å²) in [6.07, 6.45) is 0. The van der Waals surface area contributed by atoms with Crippen molar-refractivity contribution in [1.82, 2.24) is 0 Å². The van der Waals surface area contributed by atoms with E-state index in [1.165, 1.54) is 13.2 Å². The second-order valence-corrected chi connectivity index (χ2v) is 6.75. The highest BCUT2D eigenvalue weighted by molar-refractivity contribution is 7.92. The molecule has 0 fully saturated rings. The third-order valence-electron chi connectivity index (χ3n) is 3.03. The van der Waals surface area contributed by atoms with Gasteiger partial charge in [-0.05, 0) is 43.2 Å². The molecule has 6 heteroatoms. The minimum absolute atomic E-state index is 0.0727. The van der Waals surface area contributed by atoms with Gasteiger partial charge >= 0.3 is 0 Å². The van der Waals surface area contributed by atoms with Crippen molar-refractivity contribution in [2.45, 2.75) is 18.7 Å². The summed E-state index contributed by atoms with van der Waals surface area (Å²) < 4.78 is 32.7. The summed E-state index contributed by atoms with van der Waals surface area (Å²) in [7, 11) is -2.34. The molecule has 0 aliphatic rings. The molecule has 2 aromatic rings. The summed E-state index contributed by atoms with van der Waals surface area (Å²) in [6.45, 7) is 3.70. The fraction of sp³-hybridized carbons (Fsp3) is 0.200. The fourth-order valence-corrected chi connectivity index (χ4v) is 3.82. The largest absolute Gasteiger partial charge is 0.495 e. The fourth-order valence-electron chi connectivity index (χ4n) is 2.08. The van der Waals surface area contributed by atoms with E-state index in [1.54, 1.807) is 31.2 Å². The number of para-hydroxylation sites is 1. The second kappa shape index (κ2) is 5.95. The Morgan fingerprint density at radius 2 is 1.81 bits per heavy atom. The van der Waals surface area contributed by atoms with Gasteiger partial charge in [0.25, 0.3) is 10.0 Å². The molecule has 2 aromatic carbocycles. The average molecular weight is 326 g/mol. The average Bonchev–Trinajstić information content (AvgIpc) is 2.43. The van der Waals surface area contributed by atoms with Crippen molar-refractivity contribution in [2.24, 2.45) is 0 Å². The van der Waals surface area contributed by atoms with Crippen molar-refractivity contribution >= 4 is 27.3 Å². The number of aryl methyl sites for hydroxylation is 2. The van der Waals surface area contributed by atoms with E-state index in [0.29, 0.717) is 10.7 Å². The Hall–Kier alpha value is -1.72. The molecule has 0 unspecified atom stereocenters. The van der Waals surface area contributed by atoms with Crippen molar-refractivity contribution in [3.8, 4) is 5.75 Å². The number of benzene rings is 2. The first-order valence-electron chi connectivity index (χ1n) is 6.27. The molecule has 0 bridgehead atoms. The number of methoxy groups -OCH3 is 1. The number of halogens is 1. The SMILES string of the molecule is COc1ccccc1S(=O)(=O)Nc1c(C)cc(C)cc1Cl. The van der Waals surface area contributed by atoms with Crippen LogP contribution in [0.15, 0.2) is 41.3 Å². The van der Waals surface area contributed by atoms with E-state index in [4.69, 9.17) is 16.3 Å². The topological polar surface area (TPSA) is 55.4 Å². The maximum Gasteiger partial charge on any atom is 0.265 e. The van der Waals surface area contributed by atoms with Gasteiger partial charge < -0.3 is 4.74 Å². The highest BCUT2D eigenvalue weighted by atomic mass is 35.5. The molecule has 1 N–H and O–H groups in total. The van der Waals surface area contributed by atoms with Gasteiger partial charge in [-0.3, -0.25) is 4.72 Å². The molecule has 0 aromatic heterocycles. The Labute approximate surface area is 129 Å². The second-order valence-electron chi connectivity index (χ2n) is 4.70. The zero-order valence-corrected chi connectivity index (χ0v) is 13.5. The van der Waals surface area contributed by atoms with Gasteiger partial charge in [0, 0.05) is 0 Å². The molecular weight excluding hydrogens is 310 g/mol. The van der Waals surface area contributed by atoms with E-state index in [9.17, 15) is 8.42 Å². The number of hydrogen-bond acceptors (Lipinski definition) is 3. The van der Waals surface area contributed by atoms with Crippen LogP contribution in [-0.4, -0.2) is 15.5 Å². The van der Waals surface area contributed by atoms with Gasteiger partial charge in [0.1, 0.15) is 10.6 Å². The Morgan fingerprint density at radius 3 is 2.43 bits per heavy atom. The van der Waals surface area contributed by atoms with Crippen molar-refractivity contribution in [1.29, 1.82) is 0 Å². The lowest BCUT2D eigenvalue weighted by molar-refractivity contribution is 0.403. The van der Waals surface area contributed by atoms with Crippen LogP contribution in [0, 0.1) is 13.8 Å². The van der Waals surface area contributed by atoms with E-state index in [0.717, 1.165) is 11.1 Å². The summed E-state index contributed by atoms with van der Waals surface area (Å²) in [5, 5.41) is 0.367. The van der Waals surface area contributed by atoms with Crippen molar-refractivity contribution in [3.05, 3.63) is 52.5 Å². The summed E-state index contributed by atoms with van der Waals surface area (Å²) in [5.74, 6) is 0.283. The van der Waals surface area contributed by atoms with Crippen LogP contribution < -0.4 is 9.46 Å². The van der Waals surface area contributed by atoms with E-state index in [-0.39, 0.29) is 10.6 Å². The quantitative estimate of drug-likeness (QED) is 0.931. The van der Waals surface area contributed by atoms with Crippen LogP contribution in [0.2, 0.25) is 5.02 Å². The Balaban J connectivity index is 2.48. The summed E-state index contributed by atoms with van der Waals surface area (Å²) in [6, 6.07) is 10.0. The Bertz CT molecular complexity index is 749. The number of sulfonamides is 1. The molecule has 0 aliphatic heterocycles. The molecule has 0 radical (unpaired) electrons. The first-order chi connectivity index (χ1) is 9.85. The van der Waals surface area contributed by atoms with Crippen LogP contribution in [0.4, 0.5) is 5.69 Å². The standard InChI is InChI=1S/C15H16ClNO3S/c1-10-8-11(2)15(12(16)9-10)17-21(18,19)14-7-5-4-6-13(14)20-3/h4-9,17H,1-3H3. The van der Waals surface area contributed by atoms with Crippen molar-refractivity contribution < 1.29 is 13.2 Å². The number of hydrogen-bond donors (Lipinski definition) is 1. The minimum atomic E-state index is -3.77. The molecule has 0 saturated heterocycles. The van der Waals surface area contributed by atoms with Crippen LogP contribution in [0.25, 0.3) is 0 Å². The highest BCUT2D eigenvalue weighted by Gasteiger charge is 2.21. The number of nitrogens with one attached hydrogen (secondary N) is 1. The third kappa shape index (κ3) is 3.31. The third-order valence-corrected chi connectivity index (χ3v) is 4.71. The van der Waals surface area contributed by atoms with Crippen LogP contribution in [0.5, 0.6) is 5.75 Å². The maximum absolute atomic E-state index is 12.5. The Kier molecular flexibility index (Phi) is 4.44. The van der Waals surface area contributed by atoms with Gasteiger partial charge in [0.15, 0.2) is 0 Å². The van der Waals surface area contributed by atoms with Crippen molar-refractivity contribution in [3.63, 3.8) is 0 Å². The lowest BCUT2D eigenvalue weighted by Gasteiger charge is -2.14. The smallest absolute Gasteiger partial charge is 0.265 e. The van der Waals surface area contributed by atoms with Crippen LogP contribution in [0.3, 0.4) is 0 Å². The highest BCUT2D eigenvalue weighted by Crippen LogP contribution is 2.31. The number of anilines is 1. The van der Waals surface area contributed by atoms with E-state index < -0.39 is 10.0 Å². The van der Waals surface area contributed by atoms with Gasteiger partial charge in [-0.15, -0.1) is 0 Å². The molecular formula is C15H16ClNO3S. The zero-order valence-electron chi connectivity index (χ0n) is 12.0. The van der Waals surface area contributed by atoms with Gasteiger partial charge in [-0.1, -0.05) is 29.8 Å². The molecule has 4 nitrogen and oxygen atoms in total. The summed E-state index contributed by atoms with van der Waals surface area (Å²) in [5.41, 5.74) is 2.12. The molecule has 0 heterocycles. The molecule has 21 heavy (non-hydrogen) atoms. The molecule has 0 atom stereocenters. The predicted molar refractivity (Wildman–Crippen MR) is 84.7 cm³/mol. The van der Waals surface area contributed by atoms with Crippen LogP contribution in [0.1, 0.15) is 11.1 Å². The van der Waals surface area contributed by atoms with Gasteiger partial charge in [-0.2, -0.15) is 0 Å². The number of rotatable bonds is 4. The molecule has 0 aliphatic carbocycles. The Morgan fingerprint density at radius 1 is 1.14 bits per heavy atom. The van der Waals surface area contributed by atoms with Gasteiger partial charge in [0.05, 0.1) is 17.8 Å². The van der Waals surface area contributed by atoms with E-state index in [2.05, 4.69) is 4.72 Å². The molecule has 0 saturated carbocycles. The first kappa shape index (κ1) is 15.7. The lowest BCUT2D eigenvalue weighted by atomic mass is 10.1. The predicted octanol–water partition coefficient (Wildman–Crippen LogP) is 3.77. The van der Waals surface area contributed by atoms with Gasteiger partial charge in [0.2, 0.25) is 0 Å². The van der Waals surface area contributed by atoms with Crippen LogP contribution >= 0.6 is 11.6 Å². The minimum Gasteiger partial charge on any atom is -0.495 e. The molecule has 112 valence electrons. The molecule has 0 spiro atoms. The normalized spacial score (nSPS) is 11.2. The maximum atomic E-state index is 12.5. The molecule has 0 amide bonds. The van der Waals surface area contributed by atoms with Crippen molar-refractivity contribution in [2.75, 3.05) is 11.8 Å². The number of ether oxygens (including phenoxy) is 1. The summed E-state index contributed by atoms with van der Waals surface area (Å²) >= 11 is 6.14. The van der Waals surface area contributed by atoms with E-state index in [1.807, 2.05) is 13.0 Å². The molecule has 2 rings (SSSR count). The summed E-state index contributed by atoms with van der Waals surface area (Å²) in [4.78, 5) is 0.0727. The zero-order chi connectivity index (χ0) is 15.6. The lowest BCUT2D eigenvalue weighted by Crippen LogP contribution is -2.15. The van der Waals surface area contributed by atoms with E-state index >= 15 is 0 Å².